The van der Waals surface area contributed by atoms with Crippen LogP contribution in [0, 0.1) is 10.8 Å². The summed E-state index contributed by atoms with van der Waals surface area (Å²) >= 11 is 0. The van der Waals surface area contributed by atoms with E-state index in [1.807, 2.05) is 24.3 Å². The molecule has 9 nitrogen and oxygen atoms in total. The van der Waals surface area contributed by atoms with Gasteiger partial charge in [0.15, 0.2) is 11.6 Å². The Balaban J connectivity index is 1.67. The molecule has 188 valence electrons. The number of para-hydroxylation sites is 1. The summed E-state index contributed by atoms with van der Waals surface area (Å²) in [5.74, 6) is -0.331. The lowest BCUT2D eigenvalue weighted by Gasteiger charge is -2.12. The van der Waals surface area contributed by atoms with Crippen molar-refractivity contribution >= 4 is 51.7 Å². The van der Waals surface area contributed by atoms with Gasteiger partial charge in [-0.3, -0.25) is 10.2 Å². The number of nitrogens with two attached hydrogens (primary N) is 1. The first kappa shape index (κ1) is 25.1. The van der Waals surface area contributed by atoms with E-state index in [-0.39, 0.29) is 5.82 Å². The third-order valence-corrected chi connectivity index (χ3v) is 5.37. The van der Waals surface area contributed by atoms with Crippen LogP contribution in [0.2, 0.25) is 0 Å². The summed E-state index contributed by atoms with van der Waals surface area (Å²) in [6.45, 7) is 1.25. The monoisotopic (exact) mass is 506 g/mol. The number of hydrogen-bond acceptors (Lipinski definition) is 7. The van der Waals surface area contributed by atoms with Gasteiger partial charge >= 0.3 is 6.18 Å². The third-order valence-electron chi connectivity index (χ3n) is 5.37. The number of amides is 1. The van der Waals surface area contributed by atoms with Crippen LogP contribution in [0.15, 0.2) is 72.3 Å². The van der Waals surface area contributed by atoms with Gasteiger partial charge in [0.05, 0.1) is 11.1 Å². The number of nitrogens with zero attached hydrogens (tertiary/aromatic N) is 3. The van der Waals surface area contributed by atoms with Crippen molar-refractivity contribution in [2.75, 3.05) is 16.4 Å². The summed E-state index contributed by atoms with van der Waals surface area (Å²) in [5.41, 5.74) is 5.65. The quantitative estimate of drug-likeness (QED) is 0.133. The Morgan fingerprint density at radius 2 is 1.86 bits per heavy atom. The summed E-state index contributed by atoms with van der Waals surface area (Å²) < 4.78 is 40.4. The van der Waals surface area contributed by atoms with Crippen molar-refractivity contribution < 1.29 is 18.0 Å². The zero-order valence-electron chi connectivity index (χ0n) is 19.4. The second-order valence-corrected chi connectivity index (χ2v) is 7.80. The molecule has 0 bridgehead atoms. The van der Waals surface area contributed by atoms with E-state index in [0.29, 0.717) is 34.1 Å². The fraction of sp³-hybridized carbons (Fsp3) is 0.0800. The third kappa shape index (κ3) is 5.17. The molecule has 4 aromatic rings. The molecular weight excluding hydrogens is 485 g/mol. The molecule has 0 atom stereocenters. The molecule has 4 rings (SSSR count). The van der Waals surface area contributed by atoms with Gasteiger partial charge in [0.2, 0.25) is 0 Å². The average Bonchev–Trinajstić information content (AvgIpc) is 3.23. The predicted molar refractivity (Wildman–Crippen MR) is 137 cm³/mol. The molecule has 2 aromatic heterocycles. The number of nitrogen functional groups attached to an aromatic ring is 1. The minimum Gasteiger partial charge on any atom is -0.398 e. The summed E-state index contributed by atoms with van der Waals surface area (Å²) in [6, 6.07) is 17.1. The highest BCUT2D eigenvalue weighted by molar-refractivity contribution is 6.25. The lowest BCUT2D eigenvalue weighted by atomic mass is 10.1. The maximum atomic E-state index is 12.9. The number of benzene rings is 2. The maximum absolute atomic E-state index is 12.9. The van der Waals surface area contributed by atoms with Crippen LogP contribution in [0.3, 0.4) is 0 Å². The van der Waals surface area contributed by atoms with Crippen LogP contribution in [0.4, 0.5) is 36.2 Å². The molecule has 0 aliphatic rings. The second-order valence-electron chi connectivity index (χ2n) is 7.80. The Kier molecular flexibility index (Phi) is 6.74. The molecule has 37 heavy (non-hydrogen) atoms. The van der Waals surface area contributed by atoms with Crippen LogP contribution in [0.1, 0.15) is 12.5 Å². The molecule has 2 heterocycles. The van der Waals surface area contributed by atoms with E-state index < -0.39 is 23.4 Å². The normalized spacial score (nSPS) is 11.8. The Morgan fingerprint density at radius 1 is 1.11 bits per heavy atom. The van der Waals surface area contributed by atoms with Crippen LogP contribution in [-0.2, 0) is 4.79 Å². The topological polar surface area (TPSA) is 146 Å². The molecular formula is C25H21F3N8O. The van der Waals surface area contributed by atoms with Crippen molar-refractivity contribution in [1.29, 1.82) is 10.8 Å². The van der Waals surface area contributed by atoms with Crippen LogP contribution in [0.5, 0.6) is 0 Å². The number of alkyl halides is 3. The zero-order valence-corrected chi connectivity index (χ0v) is 19.4. The van der Waals surface area contributed by atoms with Crippen LogP contribution >= 0.6 is 0 Å². The van der Waals surface area contributed by atoms with Gasteiger partial charge in [0.1, 0.15) is 11.5 Å². The molecule has 12 heteroatoms. The SMILES string of the molecule is C/C=C(\C(=N)C(F)(F)F)C(=O)Nc1cccc(-n2nc(Nc3ccc(N)c(C=N)c3)c3ccccc32)n1. The number of carbonyl (C=O) groups is 1. The summed E-state index contributed by atoms with van der Waals surface area (Å²) in [7, 11) is 0. The number of hydrogen-bond donors (Lipinski definition) is 5. The first-order valence-electron chi connectivity index (χ1n) is 10.9. The van der Waals surface area contributed by atoms with Gasteiger partial charge in [-0.25, -0.2) is 9.67 Å². The molecule has 0 radical (unpaired) electrons. The lowest BCUT2D eigenvalue weighted by molar-refractivity contribution is -0.113. The van der Waals surface area contributed by atoms with E-state index in [0.717, 1.165) is 17.7 Å². The number of aromatic nitrogens is 3. The largest absolute Gasteiger partial charge is 0.433 e. The number of allylic oxidation sites excluding steroid dienone is 1. The first-order chi connectivity index (χ1) is 17.6. The number of halogens is 3. The Labute approximate surface area is 208 Å². The number of carbonyl (C=O) groups excluding carboxylic acids is 1. The van der Waals surface area contributed by atoms with Gasteiger partial charge < -0.3 is 21.8 Å². The van der Waals surface area contributed by atoms with Crippen LogP contribution in [0.25, 0.3) is 16.7 Å². The highest BCUT2D eigenvalue weighted by atomic mass is 19.4. The number of rotatable bonds is 7. The van der Waals surface area contributed by atoms with E-state index >= 15 is 0 Å². The van der Waals surface area contributed by atoms with Gasteiger partial charge in [-0.2, -0.15) is 13.2 Å². The highest BCUT2D eigenvalue weighted by Gasteiger charge is 2.38. The Bertz CT molecular complexity index is 1560. The summed E-state index contributed by atoms with van der Waals surface area (Å²) in [4.78, 5) is 16.8. The molecule has 2 aromatic carbocycles. The highest BCUT2D eigenvalue weighted by Crippen LogP contribution is 2.29. The Hall–Kier alpha value is -5.00. The first-order valence-corrected chi connectivity index (χ1v) is 10.9. The number of nitrogens with one attached hydrogen (secondary N) is 4. The van der Waals surface area contributed by atoms with Gasteiger partial charge in [0, 0.05) is 28.5 Å². The van der Waals surface area contributed by atoms with Crippen molar-refractivity contribution in [1.82, 2.24) is 14.8 Å². The molecule has 1 amide bonds. The van der Waals surface area contributed by atoms with E-state index in [9.17, 15) is 18.0 Å². The van der Waals surface area contributed by atoms with Crippen molar-refractivity contribution in [3.8, 4) is 5.82 Å². The molecule has 0 saturated heterocycles. The van der Waals surface area contributed by atoms with Gasteiger partial charge in [-0.05, 0) is 49.4 Å². The van der Waals surface area contributed by atoms with Gasteiger partial charge in [0.25, 0.3) is 5.91 Å². The van der Waals surface area contributed by atoms with E-state index in [4.69, 9.17) is 16.6 Å². The van der Waals surface area contributed by atoms with E-state index in [1.165, 1.54) is 17.7 Å². The fourth-order valence-corrected chi connectivity index (χ4v) is 3.58. The fourth-order valence-electron chi connectivity index (χ4n) is 3.58. The van der Waals surface area contributed by atoms with Crippen LogP contribution in [-0.4, -0.2) is 38.8 Å². The van der Waals surface area contributed by atoms with Gasteiger partial charge in [-0.1, -0.05) is 24.3 Å². The maximum Gasteiger partial charge on any atom is 0.433 e. The number of fused-ring (bicyclic) bond motifs is 1. The summed E-state index contributed by atoms with van der Waals surface area (Å²) in [6.07, 6.45) is -2.89. The molecule has 0 unspecified atom stereocenters. The van der Waals surface area contributed by atoms with E-state index in [1.54, 1.807) is 30.3 Å². The number of anilines is 4. The zero-order chi connectivity index (χ0) is 26.7. The molecule has 0 aliphatic heterocycles. The number of pyridine rings is 1. The van der Waals surface area contributed by atoms with Crippen LogP contribution < -0.4 is 16.4 Å². The van der Waals surface area contributed by atoms with Crippen molar-refractivity contribution in [3.63, 3.8) is 0 Å². The van der Waals surface area contributed by atoms with Crippen molar-refractivity contribution in [2.45, 2.75) is 13.1 Å². The smallest absolute Gasteiger partial charge is 0.398 e. The molecule has 0 fully saturated rings. The lowest BCUT2D eigenvalue weighted by Crippen LogP contribution is -2.30. The minimum absolute atomic E-state index is 0.0138. The molecule has 0 spiro atoms. The predicted octanol–water partition coefficient (Wildman–Crippen LogP) is 5.21. The minimum atomic E-state index is -4.96. The second kappa shape index (κ2) is 9.93. The Morgan fingerprint density at radius 3 is 2.57 bits per heavy atom. The summed E-state index contributed by atoms with van der Waals surface area (Å²) in [5, 5.41) is 25.7. The van der Waals surface area contributed by atoms with E-state index in [2.05, 4.69) is 20.7 Å². The average molecular weight is 506 g/mol. The molecule has 6 N–H and O–H groups in total. The van der Waals surface area contributed by atoms with Crippen molar-refractivity contribution in [2.24, 2.45) is 0 Å². The van der Waals surface area contributed by atoms with Gasteiger partial charge in [-0.15, -0.1) is 5.10 Å². The standard InChI is InChI=1S/C25H21F3N8O/c1-2-16(22(31)25(26,27)28)24(37)34-20-8-5-9-21(33-20)36-19-7-4-3-6-17(19)23(35-36)32-15-10-11-18(30)14(12-15)13-29/h2-13,29,31H,30H2,1H3,(H,32,35)(H,33,34,37)/b16-2+,29-13?,31-22?. The molecule has 0 aliphatic carbocycles. The molecule has 0 saturated carbocycles. The van der Waals surface area contributed by atoms with Crippen molar-refractivity contribution in [3.05, 3.63) is 77.9 Å².